The summed E-state index contributed by atoms with van der Waals surface area (Å²) in [4.78, 5) is 11.4. The van der Waals surface area contributed by atoms with Gasteiger partial charge in [0.2, 0.25) is 0 Å². The van der Waals surface area contributed by atoms with E-state index in [0.29, 0.717) is 6.61 Å². The van der Waals surface area contributed by atoms with E-state index >= 15 is 0 Å². The molecule has 4 heteroatoms. The number of carbonyl (C=O) groups is 1. The molecule has 0 saturated carbocycles. The van der Waals surface area contributed by atoms with Crippen molar-refractivity contribution < 1.29 is 9.53 Å². The van der Waals surface area contributed by atoms with Crippen molar-refractivity contribution in [3.8, 4) is 0 Å². The summed E-state index contributed by atoms with van der Waals surface area (Å²) in [5, 5.41) is 0. The molecule has 0 bridgehead atoms. The Bertz CT molecular complexity index is 449. The molecule has 0 aliphatic rings. The normalized spacial score (nSPS) is 13.0. The molecular formula is C27H54IO2P. The van der Waals surface area contributed by atoms with Gasteiger partial charge in [-0.2, -0.15) is 0 Å². The summed E-state index contributed by atoms with van der Waals surface area (Å²) in [5.41, 5.74) is 0. The summed E-state index contributed by atoms with van der Waals surface area (Å²) in [7, 11) is 0. The van der Waals surface area contributed by atoms with Gasteiger partial charge >= 0.3 is 170 Å². The molecule has 0 aromatic heterocycles. The molecule has 0 aliphatic carbocycles. The Morgan fingerprint density at radius 3 is 1.45 bits per heavy atom. The van der Waals surface area contributed by atoms with E-state index in [4.69, 9.17) is 4.74 Å². The van der Waals surface area contributed by atoms with Crippen molar-refractivity contribution in [1.29, 1.82) is 0 Å². The van der Waals surface area contributed by atoms with E-state index < -0.39 is 4.25 Å². The third-order valence-corrected chi connectivity index (χ3v) is 20.1. The standard InChI is InChI=1S/C27H54IO2P/c1-5-9-10-11-12-13-14-15-16-17-18-19-20-21-22-23-25-31(28,7-3,8-4)26-24-30-27(29)6-2/h6H,2,5,7-26H2,1,3-4H3. The first-order valence-corrected chi connectivity index (χ1v) is 19.2. The van der Waals surface area contributed by atoms with Gasteiger partial charge < -0.3 is 0 Å². The number of hydrogen-bond acceptors (Lipinski definition) is 2. The molecule has 0 heterocycles. The summed E-state index contributed by atoms with van der Waals surface area (Å²) < 4.78 is 3.57. The molecular weight excluding hydrogens is 514 g/mol. The molecule has 31 heavy (non-hydrogen) atoms. The summed E-state index contributed by atoms with van der Waals surface area (Å²) in [6.45, 7) is 11.0. The first-order valence-electron chi connectivity index (χ1n) is 13.4. The van der Waals surface area contributed by atoms with E-state index in [1.807, 2.05) is 0 Å². The Hall–Kier alpha value is 0.370. The zero-order valence-electron chi connectivity index (χ0n) is 21.3. The van der Waals surface area contributed by atoms with E-state index in [2.05, 4.69) is 49.4 Å². The van der Waals surface area contributed by atoms with Crippen molar-refractivity contribution >= 4 is 32.3 Å². The van der Waals surface area contributed by atoms with Crippen molar-refractivity contribution in [2.24, 2.45) is 0 Å². The van der Waals surface area contributed by atoms with Gasteiger partial charge in [-0.05, 0) is 0 Å². The van der Waals surface area contributed by atoms with Gasteiger partial charge in [0.1, 0.15) is 0 Å². The monoisotopic (exact) mass is 568 g/mol. The number of hydrogen-bond donors (Lipinski definition) is 0. The van der Waals surface area contributed by atoms with Crippen LogP contribution in [0.25, 0.3) is 0 Å². The Balaban J connectivity index is 3.69. The van der Waals surface area contributed by atoms with Crippen LogP contribution in [-0.2, 0) is 9.53 Å². The fourth-order valence-electron chi connectivity index (χ4n) is 4.46. The number of halogens is 1. The molecule has 0 saturated heterocycles. The molecule has 186 valence electrons. The molecule has 0 aromatic carbocycles. The number of esters is 1. The fourth-order valence-corrected chi connectivity index (χ4v) is 9.57. The van der Waals surface area contributed by atoms with Gasteiger partial charge in [0.25, 0.3) is 0 Å². The smallest absolute Gasteiger partial charge is 0.0654 e. The van der Waals surface area contributed by atoms with Crippen LogP contribution in [0.3, 0.4) is 0 Å². The number of unbranched alkanes of at least 4 members (excludes halogenated alkanes) is 15. The van der Waals surface area contributed by atoms with E-state index in [-0.39, 0.29) is 5.97 Å². The van der Waals surface area contributed by atoms with Gasteiger partial charge in [0, 0.05) is 0 Å². The van der Waals surface area contributed by atoms with Crippen LogP contribution in [-0.4, -0.2) is 37.2 Å². The third kappa shape index (κ3) is 16.6. The van der Waals surface area contributed by atoms with Gasteiger partial charge in [-0.15, -0.1) is 0 Å². The number of ether oxygens (including phenoxy) is 1. The Morgan fingerprint density at radius 2 is 1.10 bits per heavy atom. The van der Waals surface area contributed by atoms with Gasteiger partial charge in [-0.3, -0.25) is 0 Å². The maximum absolute atomic E-state index is 11.4. The van der Waals surface area contributed by atoms with Crippen LogP contribution in [0.2, 0.25) is 0 Å². The second-order valence-electron chi connectivity index (χ2n) is 9.57. The summed E-state index contributed by atoms with van der Waals surface area (Å²) in [6.07, 6.45) is 28.9. The number of rotatable bonds is 23. The average molecular weight is 569 g/mol. The summed E-state index contributed by atoms with van der Waals surface area (Å²) >= 11 is 2.81. The molecule has 0 aliphatic heterocycles. The van der Waals surface area contributed by atoms with Gasteiger partial charge in [-0.1, -0.05) is 39.0 Å². The minimum Gasteiger partial charge on any atom is -0.0654 e. The van der Waals surface area contributed by atoms with Gasteiger partial charge in [0.05, 0.1) is 0 Å². The topological polar surface area (TPSA) is 26.3 Å². The molecule has 2 nitrogen and oxygen atoms in total. The van der Waals surface area contributed by atoms with Gasteiger partial charge in [0.15, 0.2) is 0 Å². The molecule has 0 atom stereocenters. The second-order valence-corrected chi connectivity index (χ2v) is 23.6. The first kappa shape index (κ1) is 31.4. The van der Waals surface area contributed by atoms with Crippen LogP contribution in [0.1, 0.15) is 124 Å². The van der Waals surface area contributed by atoms with Crippen LogP contribution >= 0.6 is 26.3 Å². The van der Waals surface area contributed by atoms with E-state index in [1.54, 1.807) is 0 Å². The quantitative estimate of drug-likeness (QED) is 0.0403. The molecule has 0 rings (SSSR count). The van der Waals surface area contributed by atoms with Crippen molar-refractivity contribution in [3.05, 3.63) is 12.7 Å². The van der Waals surface area contributed by atoms with Crippen LogP contribution in [0.4, 0.5) is 0 Å². The maximum atomic E-state index is 11.4. The predicted molar refractivity (Wildman–Crippen MR) is 152 cm³/mol. The van der Waals surface area contributed by atoms with Crippen molar-refractivity contribution in [1.82, 2.24) is 0 Å². The number of carbonyl (C=O) groups excluding carboxylic acids is 1. The van der Waals surface area contributed by atoms with Crippen LogP contribution in [0.5, 0.6) is 0 Å². The fraction of sp³-hybridized carbons (Fsp3) is 0.889. The molecule has 0 unspecified atom stereocenters. The van der Waals surface area contributed by atoms with Crippen LogP contribution in [0, 0.1) is 0 Å². The summed E-state index contributed by atoms with van der Waals surface area (Å²) in [6, 6.07) is 0. The molecule has 0 N–H and O–H groups in total. The minimum atomic E-state index is -1.75. The van der Waals surface area contributed by atoms with Crippen LogP contribution in [0.15, 0.2) is 12.7 Å². The molecule has 0 amide bonds. The molecule has 0 spiro atoms. The first-order chi connectivity index (χ1) is 14.9. The Kier molecular flexibility index (Phi) is 20.0. The van der Waals surface area contributed by atoms with E-state index in [0.717, 1.165) is 6.16 Å². The molecule has 0 fully saturated rings. The Labute approximate surface area is 208 Å². The molecule has 0 radical (unpaired) electrons. The second kappa shape index (κ2) is 19.8. The zero-order chi connectivity index (χ0) is 23.3. The van der Waals surface area contributed by atoms with Crippen LogP contribution < -0.4 is 0 Å². The van der Waals surface area contributed by atoms with E-state index in [9.17, 15) is 4.79 Å². The van der Waals surface area contributed by atoms with Crippen molar-refractivity contribution in [2.45, 2.75) is 124 Å². The van der Waals surface area contributed by atoms with E-state index in [1.165, 1.54) is 127 Å². The predicted octanol–water partition coefficient (Wildman–Crippen LogP) is 9.92. The minimum absolute atomic E-state index is 0.281. The van der Waals surface area contributed by atoms with Crippen molar-refractivity contribution in [2.75, 3.05) is 31.3 Å². The summed E-state index contributed by atoms with van der Waals surface area (Å²) in [5.74, 6) is -0.281. The van der Waals surface area contributed by atoms with Crippen molar-refractivity contribution in [3.63, 3.8) is 0 Å². The zero-order valence-corrected chi connectivity index (χ0v) is 24.3. The Morgan fingerprint density at radius 1 is 0.710 bits per heavy atom. The molecule has 0 aromatic rings. The third-order valence-electron chi connectivity index (χ3n) is 7.21. The average Bonchev–Trinajstić information content (AvgIpc) is 2.79. The van der Waals surface area contributed by atoms with Gasteiger partial charge in [-0.25, -0.2) is 0 Å². The SMILES string of the molecule is C=CC(=O)OCCP(I)(CC)(CC)CCCCCCCCCCCCCCCCCC.